The third-order valence-corrected chi connectivity index (χ3v) is 4.71. The number of ether oxygens (including phenoxy) is 2. The highest BCUT2D eigenvalue weighted by atomic mass is 16.6. The molecule has 2 aliphatic rings. The summed E-state index contributed by atoms with van der Waals surface area (Å²) in [7, 11) is 0. The van der Waals surface area contributed by atoms with E-state index in [0.29, 0.717) is 19.1 Å². The van der Waals surface area contributed by atoms with E-state index in [1.165, 1.54) is 12.8 Å². The van der Waals surface area contributed by atoms with Gasteiger partial charge in [0.05, 0.1) is 5.56 Å². The third kappa shape index (κ3) is 2.75. The second-order valence-corrected chi connectivity index (χ2v) is 6.60. The number of aromatic nitrogens is 1. The van der Waals surface area contributed by atoms with Crippen molar-refractivity contribution in [3.63, 3.8) is 0 Å². The lowest BCUT2D eigenvalue weighted by Crippen LogP contribution is -2.25. The molecule has 1 aliphatic heterocycles. The van der Waals surface area contributed by atoms with Crippen LogP contribution >= 0.6 is 0 Å². The van der Waals surface area contributed by atoms with Gasteiger partial charge in [-0.3, -0.25) is 4.79 Å². The monoisotopic (exact) mass is 326 g/mol. The quantitative estimate of drug-likeness (QED) is 0.940. The van der Waals surface area contributed by atoms with Crippen LogP contribution in [0.3, 0.4) is 0 Å². The van der Waals surface area contributed by atoms with Gasteiger partial charge in [0.15, 0.2) is 11.5 Å². The summed E-state index contributed by atoms with van der Waals surface area (Å²) in [6.45, 7) is 5.93. The Bertz CT molecular complexity index is 790. The molecule has 126 valence electrons. The maximum atomic E-state index is 12.5. The fraction of sp³-hybridized carbons (Fsp3) is 0.421. The van der Waals surface area contributed by atoms with Crippen LogP contribution < -0.4 is 14.8 Å². The topological polar surface area (TPSA) is 52.5 Å². The number of amides is 1. The van der Waals surface area contributed by atoms with Gasteiger partial charge in [-0.1, -0.05) is 0 Å². The highest BCUT2D eigenvalue weighted by Crippen LogP contribution is 2.33. The number of hydrogen-bond donors (Lipinski definition) is 1. The second kappa shape index (κ2) is 5.89. The molecule has 5 heteroatoms. The molecule has 0 spiro atoms. The van der Waals surface area contributed by atoms with Gasteiger partial charge in [0.1, 0.15) is 13.2 Å². The Hall–Kier alpha value is -2.43. The van der Waals surface area contributed by atoms with Gasteiger partial charge in [-0.05, 0) is 50.8 Å². The number of carbonyl (C=O) groups excluding carboxylic acids is 1. The minimum atomic E-state index is 0.0128. The Morgan fingerprint density at radius 2 is 1.92 bits per heavy atom. The lowest BCUT2D eigenvalue weighted by molar-refractivity contribution is 0.0951. The van der Waals surface area contributed by atoms with Crippen molar-refractivity contribution in [1.29, 1.82) is 0 Å². The highest BCUT2D eigenvalue weighted by molar-refractivity contribution is 5.96. The zero-order valence-electron chi connectivity index (χ0n) is 14.1. The van der Waals surface area contributed by atoms with E-state index in [2.05, 4.69) is 9.88 Å². The maximum absolute atomic E-state index is 12.5. The fourth-order valence-corrected chi connectivity index (χ4v) is 3.22. The van der Waals surface area contributed by atoms with E-state index < -0.39 is 0 Å². The summed E-state index contributed by atoms with van der Waals surface area (Å²) in [4.78, 5) is 12.5. The average molecular weight is 326 g/mol. The van der Waals surface area contributed by atoms with E-state index in [9.17, 15) is 4.79 Å². The molecule has 2 heterocycles. The molecular formula is C19H22N2O3. The highest BCUT2D eigenvalue weighted by Gasteiger charge is 2.23. The van der Waals surface area contributed by atoms with Crippen molar-refractivity contribution in [3.8, 4) is 17.2 Å². The van der Waals surface area contributed by atoms with Crippen molar-refractivity contribution in [2.24, 2.45) is 5.92 Å². The molecule has 0 radical (unpaired) electrons. The summed E-state index contributed by atoms with van der Waals surface area (Å²) in [5.74, 6) is 2.22. The Morgan fingerprint density at radius 1 is 1.17 bits per heavy atom. The molecule has 1 fully saturated rings. The number of nitrogens with one attached hydrogen (secondary N) is 1. The third-order valence-electron chi connectivity index (χ3n) is 4.71. The summed E-state index contributed by atoms with van der Waals surface area (Å²) < 4.78 is 13.3. The second-order valence-electron chi connectivity index (χ2n) is 6.60. The maximum Gasteiger partial charge on any atom is 0.253 e. The molecule has 1 saturated carbocycles. The minimum absolute atomic E-state index is 0.0128. The smallest absolute Gasteiger partial charge is 0.253 e. The molecule has 2 aromatic rings. The van der Waals surface area contributed by atoms with Crippen molar-refractivity contribution in [2.45, 2.75) is 26.7 Å². The number of carbonyl (C=O) groups is 1. The van der Waals surface area contributed by atoms with Crippen LogP contribution in [0.5, 0.6) is 11.5 Å². The van der Waals surface area contributed by atoms with Crippen LogP contribution in [-0.4, -0.2) is 30.2 Å². The fourth-order valence-electron chi connectivity index (χ4n) is 3.22. The predicted octanol–water partition coefficient (Wildman–Crippen LogP) is 3.01. The first-order valence-electron chi connectivity index (χ1n) is 8.50. The van der Waals surface area contributed by atoms with Crippen molar-refractivity contribution in [1.82, 2.24) is 9.88 Å². The normalized spacial score (nSPS) is 16.1. The molecule has 1 aromatic carbocycles. The first-order valence-corrected chi connectivity index (χ1v) is 8.50. The number of aryl methyl sites for hydroxylation is 1. The number of hydrogen-bond acceptors (Lipinski definition) is 3. The van der Waals surface area contributed by atoms with Gasteiger partial charge >= 0.3 is 0 Å². The van der Waals surface area contributed by atoms with Crippen molar-refractivity contribution in [3.05, 3.63) is 41.2 Å². The molecular weight excluding hydrogens is 304 g/mol. The van der Waals surface area contributed by atoms with Crippen LogP contribution in [0.1, 0.15) is 34.6 Å². The molecule has 24 heavy (non-hydrogen) atoms. The summed E-state index contributed by atoms with van der Waals surface area (Å²) >= 11 is 0. The van der Waals surface area contributed by atoms with E-state index >= 15 is 0 Å². The number of fused-ring (bicyclic) bond motifs is 1. The summed E-state index contributed by atoms with van der Waals surface area (Å²) in [5.41, 5.74) is 3.69. The van der Waals surface area contributed by atoms with Gasteiger partial charge < -0.3 is 19.4 Å². The van der Waals surface area contributed by atoms with Crippen LogP contribution in [0.25, 0.3) is 5.69 Å². The summed E-state index contributed by atoms with van der Waals surface area (Å²) in [6, 6.07) is 7.85. The molecule has 0 bridgehead atoms. The van der Waals surface area contributed by atoms with Crippen LogP contribution in [0.4, 0.5) is 0 Å². The molecule has 4 rings (SSSR count). The SMILES string of the molecule is Cc1cc(C(=O)NCC2CC2)c(C)n1-c1ccc2c(c1)OCCO2. The van der Waals surface area contributed by atoms with Crippen molar-refractivity contribution < 1.29 is 14.3 Å². The first kappa shape index (κ1) is 15.1. The van der Waals surface area contributed by atoms with Gasteiger partial charge in [0, 0.05) is 29.7 Å². The molecule has 1 amide bonds. The van der Waals surface area contributed by atoms with Crippen LogP contribution in [-0.2, 0) is 0 Å². The molecule has 0 saturated heterocycles. The zero-order chi connectivity index (χ0) is 16.7. The van der Waals surface area contributed by atoms with Gasteiger partial charge in [0.25, 0.3) is 5.91 Å². The molecule has 0 atom stereocenters. The van der Waals surface area contributed by atoms with E-state index in [1.807, 2.05) is 38.1 Å². The van der Waals surface area contributed by atoms with Crippen LogP contribution in [0.15, 0.2) is 24.3 Å². The zero-order valence-corrected chi connectivity index (χ0v) is 14.1. The van der Waals surface area contributed by atoms with E-state index in [0.717, 1.165) is 40.7 Å². The molecule has 5 nitrogen and oxygen atoms in total. The van der Waals surface area contributed by atoms with E-state index in [-0.39, 0.29) is 5.91 Å². The molecule has 1 N–H and O–H groups in total. The van der Waals surface area contributed by atoms with Crippen LogP contribution in [0.2, 0.25) is 0 Å². The van der Waals surface area contributed by atoms with Gasteiger partial charge in [-0.2, -0.15) is 0 Å². The lowest BCUT2D eigenvalue weighted by Gasteiger charge is -2.20. The summed E-state index contributed by atoms with van der Waals surface area (Å²) in [5, 5.41) is 3.05. The van der Waals surface area contributed by atoms with Gasteiger partial charge in [-0.25, -0.2) is 0 Å². The Kier molecular flexibility index (Phi) is 3.71. The lowest BCUT2D eigenvalue weighted by atomic mass is 10.2. The minimum Gasteiger partial charge on any atom is -0.486 e. The standard InChI is InChI=1S/C19H22N2O3/c1-12-9-16(19(22)20-11-14-3-4-14)13(2)21(12)15-5-6-17-18(10-15)24-8-7-23-17/h5-6,9-10,14H,3-4,7-8,11H2,1-2H3,(H,20,22). The number of rotatable bonds is 4. The Balaban J connectivity index is 1.64. The van der Waals surface area contributed by atoms with Crippen molar-refractivity contribution >= 4 is 5.91 Å². The first-order chi connectivity index (χ1) is 11.6. The van der Waals surface area contributed by atoms with Gasteiger partial charge in [0.2, 0.25) is 0 Å². The number of benzene rings is 1. The van der Waals surface area contributed by atoms with E-state index in [1.54, 1.807) is 0 Å². The molecule has 1 aliphatic carbocycles. The Labute approximate surface area is 141 Å². The van der Waals surface area contributed by atoms with Crippen molar-refractivity contribution in [2.75, 3.05) is 19.8 Å². The van der Waals surface area contributed by atoms with Gasteiger partial charge in [-0.15, -0.1) is 0 Å². The molecule has 1 aromatic heterocycles. The number of nitrogens with zero attached hydrogens (tertiary/aromatic N) is 1. The average Bonchev–Trinajstić information content (AvgIpc) is 3.37. The Morgan fingerprint density at radius 3 is 2.67 bits per heavy atom. The molecule has 0 unspecified atom stereocenters. The predicted molar refractivity (Wildman–Crippen MR) is 91.3 cm³/mol. The largest absolute Gasteiger partial charge is 0.486 e. The van der Waals surface area contributed by atoms with Crippen LogP contribution in [0, 0.1) is 19.8 Å². The van der Waals surface area contributed by atoms with E-state index in [4.69, 9.17) is 9.47 Å². The summed E-state index contributed by atoms with van der Waals surface area (Å²) in [6.07, 6.45) is 2.47.